The SMILES string of the molecule is COc1ccc(F)cc1CN1CCN(CC(=O)N[C@@H](Cc2ccccc2)C(C)=O)CC1. The number of carbonyl (C=O) groups excluding carboxylic acids is 2. The number of Topliss-reactive ketones (excluding diaryl/α,β-unsaturated/α-hetero) is 1. The molecule has 1 saturated heterocycles. The Hall–Kier alpha value is -2.77. The van der Waals surface area contributed by atoms with E-state index < -0.39 is 6.04 Å². The predicted octanol–water partition coefficient (Wildman–Crippen LogP) is 2.27. The zero-order valence-corrected chi connectivity index (χ0v) is 18.1. The third-order valence-electron chi connectivity index (χ3n) is 5.58. The van der Waals surface area contributed by atoms with Crippen molar-refractivity contribution in [3.63, 3.8) is 0 Å². The lowest BCUT2D eigenvalue weighted by atomic mass is 10.0. The van der Waals surface area contributed by atoms with Crippen molar-refractivity contribution in [3.05, 3.63) is 65.5 Å². The zero-order chi connectivity index (χ0) is 22.2. The number of piperazine rings is 1. The molecular formula is C24H30FN3O3. The Balaban J connectivity index is 1.47. The molecule has 3 rings (SSSR count). The number of hydrogen-bond acceptors (Lipinski definition) is 5. The molecule has 7 heteroatoms. The summed E-state index contributed by atoms with van der Waals surface area (Å²) >= 11 is 0. The van der Waals surface area contributed by atoms with E-state index in [0.29, 0.717) is 18.7 Å². The number of benzene rings is 2. The molecule has 0 aromatic heterocycles. The summed E-state index contributed by atoms with van der Waals surface area (Å²) in [5, 5.41) is 2.88. The first kappa shape index (κ1) is 22.9. The maximum atomic E-state index is 13.6. The monoisotopic (exact) mass is 427 g/mol. The molecule has 2 aromatic rings. The van der Waals surface area contributed by atoms with E-state index in [1.54, 1.807) is 13.2 Å². The Bertz CT molecular complexity index is 883. The maximum absolute atomic E-state index is 13.6. The first-order chi connectivity index (χ1) is 14.9. The first-order valence-corrected chi connectivity index (χ1v) is 10.6. The molecular weight excluding hydrogens is 397 g/mol. The lowest BCUT2D eigenvalue weighted by Crippen LogP contribution is -2.51. The highest BCUT2D eigenvalue weighted by Gasteiger charge is 2.23. The number of nitrogens with one attached hydrogen (secondary N) is 1. The van der Waals surface area contributed by atoms with E-state index in [2.05, 4.69) is 15.1 Å². The van der Waals surface area contributed by atoms with Crippen LogP contribution in [0.3, 0.4) is 0 Å². The summed E-state index contributed by atoms with van der Waals surface area (Å²) in [6.07, 6.45) is 0.491. The number of nitrogens with zero attached hydrogens (tertiary/aromatic N) is 2. The highest BCUT2D eigenvalue weighted by Crippen LogP contribution is 2.21. The number of rotatable bonds is 9. The highest BCUT2D eigenvalue weighted by molar-refractivity contribution is 5.88. The van der Waals surface area contributed by atoms with Gasteiger partial charge < -0.3 is 10.1 Å². The van der Waals surface area contributed by atoms with Crippen molar-refractivity contribution in [3.8, 4) is 5.75 Å². The number of halogens is 1. The first-order valence-electron chi connectivity index (χ1n) is 10.6. The van der Waals surface area contributed by atoms with Crippen LogP contribution in [-0.2, 0) is 22.6 Å². The molecule has 1 fully saturated rings. The van der Waals surface area contributed by atoms with Crippen molar-refractivity contribution in [2.45, 2.75) is 25.9 Å². The van der Waals surface area contributed by atoms with Gasteiger partial charge >= 0.3 is 0 Å². The van der Waals surface area contributed by atoms with Gasteiger partial charge in [-0.2, -0.15) is 0 Å². The maximum Gasteiger partial charge on any atom is 0.234 e. The molecule has 6 nitrogen and oxygen atoms in total. The van der Waals surface area contributed by atoms with Gasteiger partial charge in [-0.3, -0.25) is 19.4 Å². The van der Waals surface area contributed by atoms with Gasteiger partial charge in [0.2, 0.25) is 5.91 Å². The Kier molecular flexibility index (Phi) is 8.14. The topological polar surface area (TPSA) is 61.9 Å². The summed E-state index contributed by atoms with van der Waals surface area (Å²) in [4.78, 5) is 28.8. The fraction of sp³-hybridized carbons (Fsp3) is 0.417. The molecule has 0 aliphatic carbocycles. The molecule has 31 heavy (non-hydrogen) atoms. The van der Waals surface area contributed by atoms with E-state index in [4.69, 9.17) is 4.74 Å². The van der Waals surface area contributed by atoms with Crippen LogP contribution >= 0.6 is 0 Å². The van der Waals surface area contributed by atoms with Crippen LogP contribution in [0.2, 0.25) is 0 Å². The predicted molar refractivity (Wildman–Crippen MR) is 117 cm³/mol. The molecule has 2 aromatic carbocycles. The number of methoxy groups -OCH3 is 1. The van der Waals surface area contributed by atoms with Crippen LogP contribution in [0.15, 0.2) is 48.5 Å². The van der Waals surface area contributed by atoms with Crippen LogP contribution in [0.1, 0.15) is 18.1 Å². The van der Waals surface area contributed by atoms with Gasteiger partial charge in [-0.15, -0.1) is 0 Å². The minimum absolute atomic E-state index is 0.0499. The number of hydrogen-bond donors (Lipinski definition) is 1. The summed E-state index contributed by atoms with van der Waals surface area (Å²) in [6, 6.07) is 13.7. The molecule has 0 bridgehead atoms. The number of carbonyl (C=O) groups is 2. The van der Waals surface area contributed by atoms with Gasteiger partial charge in [-0.05, 0) is 37.1 Å². The molecule has 1 aliphatic heterocycles. The molecule has 1 N–H and O–H groups in total. The quantitative estimate of drug-likeness (QED) is 0.665. The van der Waals surface area contributed by atoms with E-state index in [1.165, 1.54) is 19.1 Å². The number of ether oxygens (including phenoxy) is 1. The Morgan fingerprint density at radius 2 is 1.74 bits per heavy atom. The Morgan fingerprint density at radius 3 is 2.39 bits per heavy atom. The van der Waals surface area contributed by atoms with Gasteiger partial charge in [0.25, 0.3) is 0 Å². The van der Waals surface area contributed by atoms with E-state index in [9.17, 15) is 14.0 Å². The third kappa shape index (κ3) is 6.87. The average molecular weight is 428 g/mol. The van der Waals surface area contributed by atoms with Crippen molar-refractivity contribution >= 4 is 11.7 Å². The lowest BCUT2D eigenvalue weighted by molar-refractivity contribution is -0.127. The Morgan fingerprint density at radius 1 is 1.06 bits per heavy atom. The fourth-order valence-electron chi connectivity index (χ4n) is 3.81. The van der Waals surface area contributed by atoms with E-state index in [1.807, 2.05) is 30.3 Å². The second-order valence-corrected chi connectivity index (χ2v) is 7.93. The summed E-state index contributed by atoms with van der Waals surface area (Å²) in [5.41, 5.74) is 1.84. The molecule has 0 unspecified atom stereocenters. The van der Waals surface area contributed by atoms with Crippen LogP contribution in [0.5, 0.6) is 5.75 Å². The van der Waals surface area contributed by atoms with E-state index in [-0.39, 0.29) is 24.1 Å². The molecule has 1 amide bonds. The minimum Gasteiger partial charge on any atom is -0.496 e. The van der Waals surface area contributed by atoms with Gasteiger partial charge in [0.05, 0.1) is 19.7 Å². The fourth-order valence-corrected chi connectivity index (χ4v) is 3.81. The van der Waals surface area contributed by atoms with Crippen LogP contribution in [0, 0.1) is 5.82 Å². The van der Waals surface area contributed by atoms with Crippen molar-refractivity contribution < 1.29 is 18.7 Å². The molecule has 0 spiro atoms. The van der Waals surface area contributed by atoms with Gasteiger partial charge in [-0.1, -0.05) is 30.3 Å². The molecule has 1 aliphatic rings. The van der Waals surface area contributed by atoms with Crippen molar-refractivity contribution in [2.24, 2.45) is 0 Å². The zero-order valence-electron chi connectivity index (χ0n) is 18.1. The van der Waals surface area contributed by atoms with Crippen molar-refractivity contribution in [1.29, 1.82) is 0 Å². The molecule has 166 valence electrons. The normalized spacial score (nSPS) is 16.0. The van der Waals surface area contributed by atoms with Crippen LogP contribution < -0.4 is 10.1 Å². The molecule has 1 heterocycles. The average Bonchev–Trinajstić information content (AvgIpc) is 2.75. The van der Waals surface area contributed by atoms with Gasteiger partial charge in [0.15, 0.2) is 5.78 Å². The summed E-state index contributed by atoms with van der Waals surface area (Å²) in [5.74, 6) is 0.209. The van der Waals surface area contributed by atoms with Gasteiger partial charge in [0, 0.05) is 38.3 Å². The third-order valence-corrected chi connectivity index (χ3v) is 5.58. The summed E-state index contributed by atoms with van der Waals surface area (Å²) in [7, 11) is 1.58. The second-order valence-electron chi connectivity index (χ2n) is 7.93. The second kappa shape index (κ2) is 11.0. The standard InChI is InChI=1S/C24H30FN3O3/c1-18(29)22(14-19-6-4-3-5-7-19)26-24(30)17-28-12-10-27(11-13-28)16-20-15-21(25)8-9-23(20)31-2/h3-9,15,22H,10-14,16-17H2,1-2H3,(H,26,30)/t22-/m0/s1. The Labute approximate surface area is 183 Å². The van der Waals surface area contributed by atoms with Crippen LogP contribution in [0.4, 0.5) is 4.39 Å². The van der Waals surface area contributed by atoms with Crippen molar-refractivity contribution in [1.82, 2.24) is 15.1 Å². The van der Waals surface area contributed by atoms with Gasteiger partial charge in [-0.25, -0.2) is 4.39 Å². The van der Waals surface area contributed by atoms with Crippen LogP contribution in [-0.4, -0.2) is 67.4 Å². The number of amides is 1. The minimum atomic E-state index is -0.517. The highest BCUT2D eigenvalue weighted by atomic mass is 19.1. The molecule has 0 saturated carbocycles. The smallest absolute Gasteiger partial charge is 0.234 e. The van der Waals surface area contributed by atoms with Gasteiger partial charge in [0.1, 0.15) is 11.6 Å². The number of ketones is 1. The van der Waals surface area contributed by atoms with E-state index in [0.717, 1.165) is 37.3 Å². The molecule has 1 atom stereocenters. The lowest BCUT2D eigenvalue weighted by Gasteiger charge is -2.34. The van der Waals surface area contributed by atoms with Crippen molar-refractivity contribution in [2.75, 3.05) is 39.8 Å². The van der Waals surface area contributed by atoms with Crippen LogP contribution in [0.25, 0.3) is 0 Å². The summed E-state index contributed by atoms with van der Waals surface area (Å²) in [6.45, 7) is 5.37. The largest absolute Gasteiger partial charge is 0.496 e. The van der Waals surface area contributed by atoms with E-state index >= 15 is 0 Å². The molecule has 0 radical (unpaired) electrons. The summed E-state index contributed by atoms with van der Waals surface area (Å²) < 4.78 is 18.9.